The van der Waals surface area contributed by atoms with Crippen molar-refractivity contribution in [2.45, 2.75) is 193 Å². The molecule has 0 saturated carbocycles. The van der Waals surface area contributed by atoms with Crippen molar-refractivity contribution < 1.29 is 100 Å². The number of hydrogen-bond acceptors (Lipinski definition) is 23. The number of methoxy groups -OCH3 is 3. The smallest absolute Gasteiger partial charge is 0.408 e. The van der Waals surface area contributed by atoms with Gasteiger partial charge in [0, 0.05) is 79.0 Å². The number of alkyl carbamates (subject to hydrolysis) is 2. The van der Waals surface area contributed by atoms with E-state index in [9.17, 15) is 52.7 Å². The number of hydrogen-bond donors (Lipinski definition) is 5. The van der Waals surface area contributed by atoms with Crippen LogP contribution in [0.4, 0.5) is 15.3 Å². The molecule has 30 heteroatoms. The fourth-order valence-corrected chi connectivity index (χ4v) is 14.6. The molecule has 7 amide bonds. The van der Waals surface area contributed by atoms with Crippen LogP contribution in [-0.4, -0.2) is 195 Å². The van der Waals surface area contributed by atoms with E-state index in [1.54, 1.807) is 38.9 Å². The van der Waals surface area contributed by atoms with Gasteiger partial charge in [-0.25, -0.2) is 19.4 Å². The van der Waals surface area contributed by atoms with Gasteiger partial charge in [-0.15, -0.1) is 11.3 Å². The molecule has 2 saturated heterocycles. The molecule has 4 aromatic carbocycles. The molecule has 29 nitrogen and oxygen atoms in total. The molecule has 0 unspecified atom stereocenters. The summed E-state index contributed by atoms with van der Waals surface area (Å²) in [7, 11) is 5.64. The Hall–Kier alpha value is -10.0. The Morgan fingerprint density at radius 3 is 1.99 bits per heavy atom. The van der Waals surface area contributed by atoms with Crippen molar-refractivity contribution in [3.8, 4) is 16.9 Å². The van der Waals surface area contributed by atoms with Crippen molar-refractivity contribution in [3.63, 3.8) is 0 Å². The quantitative estimate of drug-likeness (QED) is 0.0191. The lowest BCUT2D eigenvalue weighted by molar-refractivity contribution is -0.282. The molecule has 2 fully saturated rings. The number of rotatable bonds is 34. The van der Waals surface area contributed by atoms with E-state index in [4.69, 9.17) is 47.4 Å². The number of ether oxygens (including phenoxy) is 10. The molecule has 1 aromatic heterocycles. The van der Waals surface area contributed by atoms with Crippen molar-refractivity contribution in [1.82, 2.24) is 36.1 Å². The summed E-state index contributed by atoms with van der Waals surface area (Å²) in [6.07, 6.45) is -8.70. The first-order valence-corrected chi connectivity index (χ1v) is 36.9. The minimum absolute atomic E-state index is 0.00941. The Kier molecular flexibility index (Phi) is 29.9. The molecule has 108 heavy (non-hydrogen) atoms. The predicted molar refractivity (Wildman–Crippen MR) is 394 cm³/mol. The molecule has 0 spiro atoms. The Bertz CT molecular complexity index is 3930. The zero-order valence-electron chi connectivity index (χ0n) is 63.4. The fraction of sp³-hybridized carbons (Fsp3) is 0.513. The van der Waals surface area contributed by atoms with Crippen LogP contribution < -0.4 is 31.3 Å². The second-order valence-corrected chi connectivity index (χ2v) is 28.8. The molecular weight excluding hydrogens is 1420 g/mol. The van der Waals surface area contributed by atoms with Crippen LogP contribution >= 0.6 is 11.3 Å². The highest BCUT2D eigenvalue weighted by Gasteiger charge is 2.56. The average molecular weight is 1520 g/mol. The number of likely N-dealkylation sites (N-methyl/N-ethyl adjacent to an activating group) is 1. The average Bonchev–Trinajstić information content (AvgIpc) is 1.31. The van der Waals surface area contributed by atoms with Gasteiger partial charge in [-0.05, 0) is 90.5 Å². The van der Waals surface area contributed by atoms with Crippen LogP contribution in [0, 0.1) is 17.8 Å². The highest BCUT2D eigenvalue weighted by atomic mass is 32.1. The van der Waals surface area contributed by atoms with Crippen LogP contribution in [0.25, 0.3) is 11.1 Å². The van der Waals surface area contributed by atoms with Crippen molar-refractivity contribution >= 4 is 82.6 Å². The second kappa shape index (κ2) is 38.7. The van der Waals surface area contributed by atoms with Gasteiger partial charge in [0.1, 0.15) is 35.6 Å². The maximum absolute atomic E-state index is 14.9. The van der Waals surface area contributed by atoms with Gasteiger partial charge in [-0.3, -0.25) is 38.4 Å². The second-order valence-electron chi connectivity index (χ2n) is 27.9. The van der Waals surface area contributed by atoms with Crippen LogP contribution in [0.15, 0.2) is 109 Å². The first-order valence-electron chi connectivity index (χ1n) is 36.0. The lowest BCUT2D eigenvalue weighted by atomic mass is 9.89. The number of thiazole rings is 1. The minimum Gasteiger partial charge on any atom is -0.467 e. The number of anilines is 1. The fourth-order valence-electron chi connectivity index (χ4n) is 13.9. The zero-order chi connectivity index (χ0) is 78.7. The summed E-state index contributed by atoms with van der Waals surface area (Å²) in [6.45, 7) is 14.8. The summed E-state index contributed by atoms with van der Waals surface area (Å²) in [5.41, 5.74) is 3.43. The molecule has 13 atom stereocenters. The van der Waals surface area contributed by atoms with E-state index in [2.05, 4.69) is 31.6 Å². The third-order valence-corrected chi connectivity index (χ3v) is 20.4. The number of carbonyl (C=O) groups excluding carboxylic acids is 11. The molecule has 2 aliphatic heterocycles. The van der Waals surface area contributed by atoms with E-state index in [0.29, 0.717) is 32.2 Å². The van der Waals surface area contributed by atoms with Crippen molar-refractivity contribution in [2.75, 3.05) is 53.4 Å². The molecule has 0 bridgehead atoms. The van der Waals surface area contributed by atoms with Crippen molar-refractivity contribution in [2.24, 2.45) is 17.8 Å². The Balaban J connectivity index is 0.933. The van der Waals surface area contributed by atoms with Crippen LogP contribution in [-0.2, 0) is 98.8 Å². The number of fused-ring (bicyclic) bond motifs is 3. The zero-order valence-corrected chi connectivity index (χ0v) is 64.3. The normalized spacial score (nSPS) is 19.4. The number of nitrogens with zero attached hydrogens (tertiary/aromatic N) is 3. The number of benzene rings is 4. The summed E-state index contributed by atoms with van der Waals surface area (Å²) in [6, 6.07) is 26.8. The predicted octanol–water partition coefficient (Wildman–Crippen LogP) is 8.25. The summed E-state index contributed by atoms with van der Waals surface area (Å²) in [5.74, 6) is -8.22. The molecule has 8 rings (SSSR count). The van der Waals surface area contributed by atoms with Gasteiger partial charge in [0.25, 0.3) is 0 Å². The van der Waals surface area contributed by atoms with Crippen LogP contribution in [0.1, 0.15) is 141 Å². The van der Waals surface area contributed by atoms with Crippen LogP contribution in [0.5, 0.6) is 5.75 Å². The standard InChI is InChI=1S/C78H100N8O21S/c1-15-44(4)64(60(98-12)40-62(91)86-36-23-30-58(86)65(99-13)45(5)70(92)82-57(71-79-35-37-108-71)38-49-24-17-16-18-25-49)85(11)72(93)63(43(2)3)83-75(95)78(9,10)84-77(97)101-41-50-31-32-59(106-74-69(105-48(8)89)67(104-47(7)88)66(103-46(6)87)68(107-74)73(94)100-14)56(39-50)81-61(90)33-34-80-76(96)102-42-55-53-28-21-19-26-51(53)52-27-20-22-29-54(52)55/h16-22,24-29,31-32,35,37,39,43-45,55,57-58,60,63-69,74H,15,23,30,33-34,36,38,40-42H2,1-14H3,(H,80,96)(H,81,90)(H,82,92)(H,83,95)(H,84,97)/t44-,45+,57-,58-,60+,63-,64-,65+,66-,67-,68-,69+,74+/m0/s1. The largest absolute Gasteiger partial charge is 0.467 e. The Morgan fingerprint density at radius 2 is 1.39 bits per heavy atom. The molecule has 5 N–H and O–H groups in total. The maximum atomic E-state index is 14.9. The number of likely N-dealkylation sites (tertiary alicyclic amines) is 1. The topological polar surface area (TPSA) is 360 Å². The van der Waals surface area contributed by atoms with E-state index < -0.39 is 145 Å². The Morgan fingerprint density at radius 1 is 0.750 bits per heavy atom. The molecule has 1 aliphatic carbocycles. The number of aromatic nitrogens is 1. The maximum Gasteiger partial charge on any atom is 0.408 e. The number of carbonyl (C=O) groups is 11. The molecule has 3 heterocycles. The lowest BCUT2D eigenvalue weighted by Gasteiger charge is -2.43. The third-order valence-electron chi connectivity index (χ3n) is 19.5. The lowest BCUT2D eigenvalue weighted by Crippen LogP contribution is -2.64. The van der Waals surface area contributed by atoms with Gasteiger partial charge in [0.05, 0.1) is 55.5 Å². The van der Waals surface area contributed by atoms with E-state index in [1.165, 1.54) is 62.5 Å². The highest BCUT2D eigenvalue weighted by Crippen LogP contribution is 2.45. The molecule has 584 valence electrons. The summed E-state index contributed by atoms with van der Waals surface area (Å²) >= 11 is 1.45. The number of esters is 4. The van der Waals surface area contributed by atoms with E-state index in [1.807, 2.05) is 98.1 Å². The van der Waals surface area contributed by atoms with E-state index in [-0.39, 0.29) is 66.6 Å². The van der Waals surface area contributed by atoms with Gasteiger partial charge in [0.2, 0.25) is 41.9 Å². The highest BCUT2D eigenvalue weighted by molar-refractivity contribution is 7.09. The van der Waals surface area contributed by atoms with Gasteiger partial charge >= 0.3 is 36.1 Å². The Labute approximate surface area is 632 Å². The van der Waals surface area contributed by atoms with Gasteiger partial charge in [-0.2, -0.15) is 0 Å². The van der Waals surface area contributed by atoms with Gasteiger partial charge in [0.15, 0.2) is 18.3 Å². The first-order chi connectivity index (χ1) is 51.5. The number of nitrogens with one attached hydrogen (secondary N) is 5. The summed E-state index contributed by atoms with van der Waals surface area (Å²) in [5, 5.41) is 16.6. The molecular formula is C78H100N8O21S. The van der Waals surface area contributed by atoms with E-state index >= 15 is 0 Å². The third kappa shape index (κ3) is 21.4. The molecule has 3 aliphatic rings. The first kappa shape index (κ1) is 83.6. The SMILES string of the molecule is CC[C@H](C)[C@@H]([C@@H](CC(=O)N1CCC[C@H]1[C@H](OC)[C@@H](C)C(=O)N[C@@H](Cc1ccccc1)c1nccs1)OC)N(C)C(=O)[C@@H](NC(=O)C(C)(C)NC(=O)OCc1ccc(O[C@@H]2O[C@H](C(=O)OC)[C@@H](OC(C)=O)[C@H](OC(C)=O)[C@H]2OC(C)=O)c(NC(=O)CCNC(=O)OCC2c3ccccc3-c3ccccc32)c1)C(C)C. The van der Waals surface area contributed by atoms with Crippen molar-refractivity contribution in [1.29, 1.82) is 0 Å². The summed E-state index contributed by atoms with van der Waals surface area (Å²) < 4.78 is 57.2. The monoisotopic (exact) mass is 1520 g/mol. The molecule has 5 aromatic rings. The van der Waals surface area contributed by atoms with Crippen molar-refractivity contribution in [3.05, 3.63) is 136 Å². The van der Waals surface area contributed by atoms with E-state index in [0.717, 1.165) is 60.7 Å². The van der Waals surface area contributed by atoms with Gasteiger partial charge < -0.3 is 83.8 Å². The number of amides is 7. The minimum atomic E-state index is -1.87. The molecule has 0 radical (unpaired) electrons. The summed E-state index contributed by atoms with van der Waals surface area (Å²) in [4.78, 5) is 158. The van der Waals surface area contributed by atoms with Crippen LogP contribution in [0.2, 0.25) is 0 Å². The van der Waals surface area contributed by atoms with Crippen LogP contribution in [0.3, 0.4) is 0 Å². The van der Waals surface area contributed by atoms with Gasteiger partial charge in [-0.1, -0.05) is 126 Å².